The molecule has 3 rings (SSSR count). The number of nitrogens with zero attached hydrogens (tertiary/aromatic N) is 3. The van der Waals surface area contributed by atoms with Crippen LogP contribution in [-0.2, 0) is 16.1 Å². The number of nitrogens with one attached hydrogen (secondary N) is 2. The molecule has 2 aromatic rings. The van der Waals surface area contributed by atoms with Crippen molar-refractivity contribution in [2.75, 3.05) is 18.4 Å². The van der Waals surface area contributed by atoms with Crippen LogP contribution in [0.2, 0.25) is 0 Å². The summed E-state index contributed by atoms with van der Waals surface area (Å²) in [5.74, 6) is 0.267. The van der Waals surface area contributed by atoms with Gasteiger partial charge in [-0.15, -0.1) is 0 Å². The molecule has 0 spiro atoms. The van der Waals surface area contributed by atoms with Crippen LogP contribution in [0.15, 0.2) is 48.8 Å². The maximum absolute atomic E-state index is 12.4. The number of hydrogen-bond acceptors (Lipinski definition) is 5. The Morgan fingerprint density at radius 1 is 1.11 bits per heavy atom. The van der Waals surface area contributed by atoms with Crippen LogP contribution in [-0.4, -0.2) is 45.8 Å². The second-order valence-electron chi connectivity index (χ2n) is 6.75. The number of carbonyl (C=O) groups is 2. The zero-order valence-electron chi connectivity index (χ0n) is 15.5. The lowest BCUT2D eigenvalue weighted by molar-refractivity contribution is -0.127. The van der Waals surface area contributed by atoms with Crippen molar-refractivity contribution in [2.24, 2.45) is 5.92 Å². The fraction of sp³-hybridized carbons (Fsp3) is 0.400. The van der Waals surface area contributed by atoms with E-state index in [1.54, 1.807) is 18.5 Å². The summed E-state index contributed by atoms with van der Waals surface area (Å²) in [5.41, 5.74) is 1.09. The lowest BCUT2D eigenvalue weighted by Crippen LogP contribution is -2.48. The zero-order chi connectivity index (χ0) is 19.1. The van der Waals surface area contributed by atoms with Gasteiger partial charge in [-0.3, -0.25) is 19.8 Å². The maximum atomic E-state index is 12.4. The van der Waals surface area contributed by atoms with Gasteiger partial charge in [-0.05, 0) is 44.5 Å². The zero-order valence-corrected chi connectivity index (χ0v) is 15.5. The van der Waals surface area contributed by atoms with Crippen molar-refractivity contribution in [3.8, 4) is 0 Å². The lowest BCUT2D eigenvalue weighted by atomic mass is 9.95. The molecule has 27 heavy (non-hydrogen) atoms. The van der Waals surface area contributed by atoms with Crippen molar-refractivity contribution >= 4 is 17.8 Å². The van der Waals surface area contributed by atoms with Gasteiger partial charge in [0.1, 0.15) is 0 Å². The Hall–Kier alpha value is -2.80. The number of aromatic nitrogens is 2. The molecule has 1 fully saturated rings. The largest absolute Gasteiger partial charge is 0.352 e. The second-order valence-corrected chi connectivity index (χ2v) is 6.75. The van der Waals surface area contributed by atoms with Gasteiger partial charge in [-0.2, -0.15) is 0 Å². The highest BCUT2D eigenvalue weighted by Crippen LogP contribution is 2.20. The molecule has 7 heteroatoms. The van der Waals surface area contributed by atoms with Gasteiger partial charge in [0.2, 0.25) is 17.8 Å². The molecular formula is C20H25N5O2. The quantitative estimate of drug-likeness (QED) is 0.813. The minimum absolute atomic E-state index is 0.00215. The first-order valence-electron chi connectivity index (χ1n) is 9.27. The number of benzene rings is 1. The Labute approximate surface area is 159 Å². The molecular weight excluding hydrogens is 342 g/mol. The van der Waals surface area contributed by atoms with E-state index in [4.69, 9.17) is 0 Å². The predicted molar refractivity (Wildman–Crippen MR) is 103 cm³/mol. The Morgan fingerprint density at radius 3 is 2.44 bits per heavy atom. The molecule has 0 saturated carbocycles. The van der Waals surface area contributed by atoms with Crippen LogP contribution >= 0.6 is 0 Å². The minimum atomic E-state index is -0.290. The third kappa shape index (κ3) is 5.34. The van der Waals surface area contributed by atoms with E-state index in [2.05, 4.69) is 25.5 Å². The molecule has 1 saturated heterocycles. The van der Waals surface area contributed by atoms with Gasteiger partial charge in [-0.1, -0.05) is 30.3 Å². The van der Waals surface area contributed by atoms with Crippen molar-refractivity contribution in [2.45, 2.75) is 32.4 Å². The number of likely N-dealkylation sites (tertiary alicyclic amines) is 1. The number of rotatable bonds is 6. The molecule has 0 aliphatic carbocycles. The molecule has 0 bridgehead atoms. The summed E-state index contributed by atoms with van der Waals surface area (Å²) in [6.07, 6.45) is 4.68. The van der Waals surface area contributed by atoms with E-state index in [0.29, 0.717) is 25.6 Å². The molecule has 1 aliphatic rings. The summed E-state index contributed by atoms with van der Waals surface area (Å²) in [6, 6.07) is 11.3. The van der Waals surface area contributed by atoms with Gasteiger partial charge in [0.25, 0.3) is 0 Å². The van der Waals surface area contributed by atoms with Crippen LogP contribution in [0.3, 0.4) is 0 Å². The number of hydrogen-bond donors (Lipinski definition) is 2. The Bertz CT molecular complexity index is 745. The average molecular weight is 367 g/mol. The molecule has 2 heterocycles. The Kier molecular flexibility index (Phi) is 6.49. The Balaban J connectivity index is 1.43. The lowest BCUT2D eigenvalue weighted by Gasteiger charge is -2.34. The molecule has 1 atom stereocenters. The van der Waals surface area contributed by atoms with Crippen LogP contribution in [0.1, 0.15) is 25.3 Å². The van der Waals surface area contributed by atoms with E-state index >= 15 is 0 Å². The highest BCUT2D eigenvalue weighted by molar-refractivity contribution is 5.93. The second kappa shape index (κ2) is 9.23. The molecule has 142 valence electrons. The topological polar surface area (TPSA) is 87.2 Å². The van der Waals surface area contributed by atoms with Crippen LogP contribution < -0.4 is 10.6 Å². The van der Waals surface area contributed by atoms with E-state index in [1.807, 2.05) is 37.3 Å². The standard InChI is InChI=1S/C20H25N5O2/c1-15(18(26)24-20-21-10-5-11-22-20)25-12-8-17(9-13-25)19(27)23-14-16-6-3-2-4-7-16/h2-7,10-11,15,17H,8-9,12-14H2,1H3,(H,23,27)(H,21,22,24,26). The summed E-state index contributed by atoms with van der Waals surface area (Å²) in [6.45, 7) is 3.85. The third-order valence-corrected chi connectivity index (χ3v) is 4.94. The van der Waals surface area contributed by atoms with E-state index in [1.165, 1.54) is 0 Å². The normalized spacial score (nSPS) is 16.5. The van der Waals surface area contributed by atoms with Crippen molar-refractivity contribution in [1.29, 1.82) is 0 Å². The first-order chi connectivity index (χ1) is 13.1. The predicted octanol–water partition coefficient (Wildman–Crippen LogP) is 1.83. The van der Waals surface area contributed by atoms with E-state index in [-0.39, 0.29) is 23.8 Å². The van der Waals surface area contributed by atoms with Gasteiger partial charge in [-0.25, -0.2) is 9.97 Å². The van der Waals surface area contributed by atoms with Gasteiger partial charge in [0, 0.05) is 24.9 Å². The third-order valence-electron chi connectivity index (χ3n) is 4.94. The monoisotopic (exact) mass is 367 g/mol. The van der Waals surface area contributed by atoms with Crippen LogP contribution in [0.5, 0.6) is 0 Å². The molecule has 2 N–H and O–H groups in total. The molecule has 1 aliphatic heterocycles. The van der Waals surface area contributed by atoms with Gasteiger partial charge in [0.15, 0.2) is 0 Å². The van der Waals surface area contributed by atoms with Crippen molar-refractivity contribution in [1.82, 2.24) is 20.2 Å². The molecule has 7 nitrogen and oxygen atoms in total. The van der Waals surface area contributed by atoms with E-state index < -0.39 is 0 Å². The summed E-state index contributed by atoms with van der Waals surface area (Å²) in [7, 11) is 0. The van der Waals surface area contributed by atoms with Crippen LogP contribution in [0.25, 0.3) is 0 Å². The van der Waals surface area contributed by atoms with Gasteiger partial charge < -0.3 is 5.32 Å². The average Bonchev–Trinajstić information content (AvgIpc) is 2.73. The summed E-state index contributed by atoms with van der Waals surface area (Å²) >= 11 is 0. The molecule has 1 unspecified atom stereocenters. The number of carbonyl (C=O) groups excluding carboxylic acids is 2. The number of anilines is 1. The van der Waals surface area contributed by atoms with Gasteiger partial charge >= 0.3 is 0 Å². The van der Waals surface area contributed by atoms with Crippen molar-refractivity contribution in [3.63, 3.8) is 0 Å². The highest BCUT2D eigenvalue weighted by Gasteiger charge is 2.29. The smallest absolute Gasteiger partial charge is 0.243 e. The van der Waals surface area contributed by atoms with Crippen molar-refractivity contribution < 1.29 is 9.59 Å². The fourth-order valence-corrected chi connectivity index (χ4v) is 3.22. The maximum Gasteiger partial charge on any atom is 0.243 e. The first kappa shape index (κ1) is 19.0. The van der Waals surface area contributed by atoms with E-state index in [0.717, 1.165) is 18.4 Å². The highest BCUT2D eigenvalue weighted by atomic mass is 16.2. The van der Waals surface area contributed by atoms with E-state index in [9.17, 15) is 9.59 Å². The fourth-order valence-electron chi connectivity index (χ4n) is 3.22. The minimum Gasteiger partial charge on any atom is -0.352 e. The number of piperidine rings is 1. The van der Waals surface area contributed by atoms with Gasteiger partial charge in [0.05, 0.1) is 6.04 Å². The van der Waals surface area contributed by atoms with Crippen molar-refractivity contribution in [3.05, 3.63) is 54.4 Å². The van der Waals surface area contributed by atoms with Crippen LogP contribution in [0.4, 0.5) is 5.95 Å². The molecule has 1 aromatic heterocycles. The number of amides is 2. The summed E-state index contributed by atoms with van der Waals surface area (Å²) in [4.78, 5) is 34.9. The summed E-state index contributed by atoms with van der Waals surface area (Å²) in [5, 5.41) is 5.74. The molecule has 2 amide bonds. The first-order valence-corrected chi connectivity index (χ1v) is 9.27. The summed E-state index contributed by atoms with van der Waals surface area (Å²) < 4.78 is 0. The molecule has 1 aromatic carbocycles. The molecule has 0 radical (unpaired) electrons. The Morgan fingerprint density at radius 2 is 1.78 bits per heavy atom. The SMILES string of the molecule is CC(C(=O)Nc1ncccn1)N1CCC(C(=O)NCc2ccccc2)CC1. The van der Waals surface area contributed by atoms with Crippen LogP contribution in [0, 0.1) is 5.92 Å².